The molecular weight excluding hydrogens is 387 g/mol. The molecule has 0 aliphatic carbocycles. The normalized spacial score (nSPS) is 14.9. The van der Waals surface area contributed by atoms with Crippen molar-refractivity contribution in [1.29, 1.82) is 0 Å². The maximum Gasteiger partial charge on any atom is 0.251 e. The summed E-state index contributed by atoms with van der Waals surface area (Å²) in [5.74, 6) is 0.294. The number of carbonyl (C=O) groups excluding carboxylic acids is 2. The Morgan fingerprint density at radius 2 is 1.90 bits per heavy atom. The summed E-state index contributed by atoms with van der Waals surface area (Å²) in [5, 5.41) is 10.2. The Hall–Kier alpha value is -3.68. The number of methoxy groups -OCH3 is 1. The van der Waals surface area contributed by atoms with Crippen LogP contribution in [0.3, 0.4) is 0 Å². The van der Waals surface area contributed by atoms with E-state index in [1.807, 2.05) is 31.2 Å². The third kappa shape index (κ3) is 3.63. The predicted octanol–water partition coefficient (Wildman–Crippen LogP) is 3.78. The van der Waals surface area contributed by atoms with Gasteiger partial charge in [-0.15, -0.1) is 0 Å². The van der Waals surface area contributed by atoms with Gasteiger partial charge in [-0.2, -0.15) is 5.10 Å². The Balaban J connectivity index is 1.59. The van der Waals surface area contributed by atoms with Gasteiger partial charge in [0, 0.05) is 11.3 Å². The average molecular weight is 408 g/mol. The van der Waals surface area contributed by atoms with Crippen molar-refractivity contribution in [2.75, 3.05) is 17.7 Å². The lowest BCUT2D eigenvalue weighted by molar-refractivity contribution is -0.123. The van der Waals surface area contributed by atoms with Gasteiger partial charge in [-0.05, 0) is 48.4 Å². The van der Waals surface area contributed by atoms with Gasteiger partial charge in [-0.3, -0.25) is 9.59 Å². The lowest BCUT2D eigenvalue weighted by Gasteiger charge is -2.10. The number of anilines is 2. The second kappa shape index (κ2) is 7.98. The number of nitrogens with zero attached hydrogens (tertiary/aromatic N) is 2. The van der Waals surface area contributed by atoms with Crippen molar-refractivity contribution in [1.82, 2.24) is 9.78 Å². The highest BCUT2D eigenvalue weighted by Gasteiger charge is 2.36. The number of aryl methyl sites for hydroxylation is 1. The van der Waals surface area contributed by atoms with E-state index in [1.54, 1.807) is 11.8 Å². The largest absolute Gasteiger partial charge is 0.497 e. The molecule has 2 N–H and O–H groups in total. The second-order valence-electron chi connectivity index (χ2n) is 6.96. The van der Waals surface area contributed by atoms with Crippen LogP contribution in [-0.4, -0.2) is 28.7 Å². The molecule has 1 unspecified atom stereocenters. The number of benzene rings is 2. The van der Waals surface area contributed by atoms with Crippen LogP contribution in [0.15, 0.2) is 48.5 Å². The number of hydrogen-bond acceptors (Lipinski definition) is 4. The summed E-state index contributed by atoms with van der Waals surface area (Å²) in [6.45, 7) is 1.99. The van der Waals surface area contributed by atoms with Crippen molar-refractivity contribution in [2.24, 2.45) is 0 Å². The Labute approximate surface area is 172 Å². The van der Waals surface area contributed by atoms with Crippen LogP contribution in [0.1, 0.15) is 25.1 Å². The minimum absolute atomic E-state index is 0.0803. The van der Waals surface area contributed by atoms with Crippen LogP contribution in [0.4, 0.5) is 15.9 Å². The number of rotatable bonds is 6. The Morgan fingerprint density at radius 3 is 2.53 bits per heavy atom. The van der Waals surface area contributed by atoms with Gasteiger partial charge in [-0.25, -0.2) is 9.07 Å². The number of ether oxygens (including phenoxy) is 1. The minimum Gasteiger partial charge on any atom is -0.497 e. The highest BCUT2D eigenvalue weighted by atomic mass is 19.1. The molecule has 1 aromatic heterocycles. The molecule has 4 rings (SSSR count). The third-order valence-electron chi connectivity index (χ3n) is 5.04. The average Bonchev–Trinajstić information content (AvgIpc) is 3.25. The van der Waals surface area contributed by atoms with E-state index in [1.165, 1.54) is 24.3 Å². The van der Waals surface area contributed by atoms with Gasteiger partial charge in [-0.1, -0.05) is 19.1 Å². The summed E-state index contributed by atoms with van der Waals surface area (Å²) in [6, 6.07) is 12.2. The molecule has 0 bridgehead atoms. The molecule has 8 heteroatoms. The Morgan fingerprint density at radius 1 is 1.20 bits per heavy atom. The Kier molecular flexibility index (Phi) is 5.22. The van der Waals surface area contributed by atoms with Crippen LogP contribution >= 0.6 is 0 Å². The fourth-order valence-electron chi connectivity index (χ4n) is 3.55. The van der Waals surface area contributed by atoms with Crippen LogP contribution < -0.4 is 15.4 Å². The van der Waals surface area contributed by atoms with Crippen LogP contribution in [0, 0.1) is 5.82 Å². The zero-order valence-electron chi connectivity index (χ0n) is 16.6. The first-order valence-electron chi connectivity index (χ1n) is 9.62. The number of amides is 2. The van der Waals surface area contributed by atoms with Gasteiger partial charge in [0.15, 0.2) is 0 Å². The van der Waals surface area contributed by atoms with E-state index in [0.29, 0.717) is 17.9 Å². The molecule has 0 spiro atoms. The van der Waals surface area contributed by atoms with Crippen LogP contribution in [0.2, 0.25) is 0 Å². The van der Waals surface area contributed by atoms with E-state index in [4.69, 9.17) is 4.74 Å². The molecule has 0 saturated carbocycles. The second-order valence-corrected chi connectivity index (χ2v) is 6.96. The SMILES string of the molecule is CCc1nn2c(c1-c1ccc(OC)cc1)NC(=O)C2CC(=O)Nc1ccc(F)cc1. The molecule has 2 amide bonds. The number of aromatic nitrogens is 2. The smallest absolute Gasteiger partial charge is 0.251 e. The molecular formula is C22H21FN4O3. The summed E-state index contributed by atoms with van der Waals surface area (Å²) >= 11 is 0. The Bertz CT molecular complexity index is 1090. The molecule has 3 aromatic rings. The van der Waals surface area contributed by atoms with Gasteiger partial charge in [0.05, 0.1) is 19.2 Å². The van der Waals surface area contributed by atoms with Crippen molar-refractivity contribution in [2.45, 2.75) is 25.8 Å². The lowest BCUT2D eigenvalue weighted by atomic mass is 10.0. The molecule has 2 aromatic carbocycles. The van der Waals surface area contributed by atoms with Crippen LogP contribution in [0.5, 0.6) is 5.75 Å². The van der Waals surface area contributed by atoms with Gasteiger partial charge >= 0.3 is 0 Å². The predicted molar refractivity (Wildman–Crippen MR) is 111 cm³/mol. The topological polar surface area (TPSA) is 85.2 Å². The molecule has 0 saturated heterocycles. The van der Waals surface area contributed by atoms with Crippen LogP contribution in [-0.2, 0) is 16.0 Å². The van der Waals surface area contributed by atoms with E-state index in [2.05, 4.69) is 15.7 Å². The lowest BCUT2D eigenvalue weighted by Crippen LogP contribution is -2.23. The molecule has 0 fully saturated rings. The number of hydrogen-bond donors (Lipinski definition) is 2. The maximum atomic E-state index is 13.0. The first-order chi connectivity index (χ1) is 14.5. The van der Waals surface area contributed by atoms with E-state index < -0.39 is 6.04 Å². The van der Waals surface area contributed by atoms with E-state index >= 15 is 0 Å². The number of halogens is 1. The minimum atomic E-state index is -0.752. The number of fused-ring (bicyclic) bond motifs is 1. The third-order valence-corrected chi connectivity index (χ3v) is 5.04. The summed E-state index contributed by atoms with van der Waals surface area (Å²) in [7, 11) is 1.60. The first-order valence-corrected chi connectivity index (χ1v) is 9.62. The molecule has 2 heterocycles. The molecule has 1 aliphatic rings. The van der Waals surface area contributed by atoms with Gasteiger partial charge in [0.1, 0.15) is 23.4 Å². The quantitative estimate of drug-likeness (QED) is 0.650. The number of carbonyl (C=O) groups is 2. The molecule has 1 aliphatic heterocycles. The van der Waals surface area contributed by atoms with Crippen molar-refractivity contribution in [3.63, 3.8) is 0 Å². The fraction of sp³-hybridized carbons (Fsp3) is 0.227. The van der Waals surface area contributed by atoms with Crippen LogP contribution in [0.25, 0.3) is 11.1 Å². The zero-order chi connectivity index (χ0) is 21.3. The van der Waals surface area contributed by atoms with Crippen molar-refractivity contribution >= 4 is 23.3 Å². The van der Waals surface area contributed by atoms with E-state index in [0.717, 1.165) is 22.6 Å². The zero-order valence-corrected chi connectivity index (χ0v) is 16.6. The standard InChI is InChI=1S/C22H21FN4O3/c1-3-17-20(13-4-10-16(30-2)11-5-13)21-25-22(29)18(27(21)26-17)12-19(28)24-15-8-6-14(23)7-9-15/h4-11,18H,3,12H2,1-2H3,(H,24,28)(H,25,29). The molecule has 1 atom stereocenters. The molecule has 30 heavy (non-hydrogen) atoms. The summed E-state index contributed by atoms with van der Waals surface area (Å²) in [5.41, 5.74) is 3.05. The summed E-state index contributed by atoms with van der Waals surface area (Å²) < 4.78 is 19.8. The van der Waals surface area contributed by atoms with Crippen molar-refractivity contribution in [3.05, 3.63) is 60.0 Å². The monoisotopic (exact) mass is 408 g/mol. The maximum absolute atomic E-state index is 13.0. The van der Waals surface area contributed by atoms with Crippen molar-refractivity contribution in [3.8, 4) is 16.9 Å². The number of nitrogens with one attached hydrogen (secondary N) is 2. The first kappa shape index (κ1) is 19.6. The highest BCUT2D eigenvalue weighted by molar-refractivity contribution is 6.04. The molecule has 154 valence electrons. The summed E-state index contributed by atoms with van der Waals surface area (Å²) in [4.78, 5) is 25.1. The molecule has 0 radical (unpaired) electrons. The van der Waals surface area contributed by atoms with Gasteiger partial charge in [0.2, 0.25) is 5.91 Å². The van der Waals surface area contributed by atoms with Gasteiger partial charge < -0.3 is 15.4 Å². The molecule has 7 nitrogen and oxygen atoms in total. The fourth-order valence-corrected chi connectivity index (χ4v) is 3.55. The van der Waals surface area contributed by atoms with E-state index in [-0.39, 0.29) is 24.1 Å². The van der Waals surface area contributed by atoms with Crippen molar-refractivity contribution < 1.29 is 18.7 Å². The highest BCUT2D eigenvalue weighted by Crippen LogP contribution is 2.39. The van der Waals surface area contributed by atoms with Gasteiger partial charge in [0.25, 0.3) is 5.91 Å². The van der Waals surface area contributed by atoms with E-state index in [9.17, 15) is 14.0 Å². The summed E-state index contributed by atoms with van der Waals surface area (Å²) in [6.07, 6.45) is 0.592.